The molecule has 4 aliphatic heterocycles. The van der Waals surface area contributed by atoms with Crippen molar-refractivity contribution in [2.75, 3.05) is 24.3 Å². The van der Waals surface area contributed by atoms with Crippen LogP contribution in [0.25, 0.3) is 0 Å². The standard InChI is InChI=1S/C22H22N6O5S2.C6H7NOS/c1-33-26-15(13-10-35-22(23)24-13)18(29)25-16-19(30)28-17(21(31)32)12(9-34-20(16)28)8-27-7-3-5-11-4-2-6-14(11)27;8-5-4-6-7(5)2-1-3-9-6/h3,5,7,10,16,20H,2,4,6,8-9H2,1H3,(H3-,23,24,25,29,31,32);1-2,6H,3-4H2/b26-15-;/t16-,20-;6-/m11/s1. The van der Waals surface area contributed by atoms with Crippen LogP contribution in [0.4, 0.5) is 5.13 Å². The number of carboxylic acid groups (broad SMARTS) is 1. The Kier molecular flexibility index (Phi) is 8.64. The van der Waals surface area contributed by atoms with Gasteiger partial charge in [-0.15, -0.1) is 34.9 Å². The summed E-state index contributed by atoms with van der Waals surface area (Å²) in [7, 11) is 1.29. The molecule has 5 aliphatic rings. The van der Waals surface area contributed by atoms with Gasteiger partial charge in [-0.1, -0.05) is 11.2 Å². The molecule has 0 bridgehead atoms. The molecule has 0 unspecified atom stereocenters. The van der Waals surface area contributed by atoms with Gasteiger partial charge in [0, 0.05) is 46.7 Å². The number of carbonyl (C=O) groups excluding carboxylic acids is 4. The first-order valence-corrected chi connectivity index (χ1v) is 16.9. The molecule has 2 aromatic rings. The minimum atomic E-state index is -1.41. The predicted molar refractivity (Wildman–Crippen MR) is 163 cm³/mol. The molecule has 0 spiro atoms. The molecule has 13 nitrogen and oxygen atoms in total. The number of anilines is 1. The van der Waals surface area contributed by atoms with E-state index in [2.05, 4.69) is 26.1 Å². The quantitative estimate of drug-likeness (QED) is 0.175. The van der Waals surface area contributed by atoms with Gasteiger partial charge in [-0.2, -0.15) is 4.57 Å². The third-order valence-corrected chi connectivity index (χ3v) is 11.0. The van der Waals surface area contributed by atoms with E-state index in [1.807, 2.05) is 36.3 Å². The summed E-state index contributed by atoms with van der Waals surface area (Å²) in [6.07, 6.45) is 9.61. The van der Waals surface area contributed by atoms with Crippen LogP contribution in [-0.4, -0.2) is 79.6 Å². The van der Waals surface area contributed by atoms with Gasteiger partial charge in [-0.25, -0.2) is 4.98 Å². The highest BCUT2D eigenvalue weighted by Gasteiger charge is 2.53. The zero-order valence-corrected chi connectivity index (χ0v) is 26.1. The second-order valence-corrected chi connectivity index (χ2v) is 13.6. The number of carbonyl (C=O) groups is 4. The number of thioether (sulfide) groups is 2. The van der Waals surface area contributed by atoms with Crippen LogP contribution in [0.15, 0.2) is 52.4 Å². The lowest BCUT2D eigenvalue weighted by atomic mass is 10.0. The van der Waals surface area contributed by atoms with Gasteiger partial charge < -0.3 is 30.7 Å². The number of hydrogen-bond acceptors (Lipinski definition) is 12. The van der Waals surface area contributed by atoms with Crippen LogP contribution in [0.5, 0.6) is 0 Å². The highest BCUT2D eigenvalue weighted by atomic mass is 32.2. The molecule has 3 amide bonds. The summed E-state index contributed by atoms with van der Waals surface area (Å²) in [4.78, 5) is 60.5. The zero-order chi connectivity index (χ0) is 31.0. The van der Waals surface area contributed by atoms with Gasteiger partial charge in [-0.05, 0) is 18.9 Å². The molecule has 2 aromatic heterocycles. The molecule has 44 heavy (non-hydrogen) atoms. The number of amides is 3. The number of carboxylic acids is 1. The van der Waals surface area contributed by atoms with Crippen molar-refractivity contribution in [3.63, 3.8) is 0 Å². The van der Waals surface area contributed by atoms with E-state index in [0.717, 1.165) is 42.8 Å². The molecule has 7 rings (SSSR count). The van der Waals surface area contributed by atoms with E-state index >= 15 is 0 Å². The van der Waals surface area contributed by atoms with Crippen molar-refractivity contribution in [2.24, 2.45) is 5.16 Å². The highest BCUT2D eigenvalue weighted by molar-refractivity contribution is 8.00. The number of aliphatic carboxylic acids is 1. The van der Waals surface area contributed by atoms with Crippen molar-refractivity contribution < 1.29 is 33.7 Å². The maximum absolute atomic E-state index is 13.0. The Morgan fingerprint density at radius 3 is 2.82 bits per heavy atom. The minimum absolute atomic E-state index is 0.120. The number of pyridine rings is 1. The largest absolute Gasteiger partial charge is 0.543 e. The lowest BCUT2D eigenvalue weighted by molar-refractivity contribution is -0.696. The second kappa shape index (κ2) is 12.6. The van der Waals surface area contributed by atoms with Crippen LogP contribution in [-0.2, 0) is 43.4 Å². The van der Waals surface area contributed by atoms with E-state index in [1.165, 1.54) is 35.0 Å². The first-order valence-electron chi connectivity index (χ1n) is 13.9. The number of rotatable bonds is 7. The van der Waals surface area contributed by atoms with E-state index in [4.69, 9.17) is 10.6 Å². The fourth-order valence-electron chi connectivity index (χ4n) is 5.70. The maximum Gasteiger partial charge on any atom is 0.276 e. The Labute approximate surface area is 265 Å². The molecule has 3 N–H and O–H groups in total. The molecule has 1 aliphatic carbocycles. The normalized spacial score (nSPS) is 23.5. The summed E-state index contributed by atoms with van der Waals surface area (Å²) < 4.78 is 2.05. The number of aromatic nitrogens is 2. The third-order valence-electron chi connectivity index (χ3n) is 7.79. The predicted octanol–water partition coefficient (Wildman–Crippen LogP) is -0.239. The van der Waals surface area contributed by atoms with Crippen LogP contribution in [0.3, 0.4) is 0 Å². The molecule has 230 valence electrons. The lowest BCUT2D eigenvalue weighted by Gasteiger charge is -2.50. The van der Waals surface area contributed by atoms with E-state index in [1.54, 1.807) is 10.3 Å². The van der Waals surface area contributed by atoms with E-state index in [9.17, 15) is 24.3 Å². The Bertz CT molecular complexity index is 1620. The van der Waals surface area contributed by atoms with Gasteiger partial charge in [0.05, 0.1) is 23.5 Å². The number of fused-ring (bicyclic) bond motifs is 3. The summed E-state index contributed by atoms with van der Waals surface area (Å²) in [6.45, 7) is 0.364. The molecule has 16 heteroatoms. The number of β-lactam (4-membered cyclic amide) rings is 2. The van der Waals surface area contributed by atoms with Crippen molar-refractivity contribution in [2.45, 2.75) is 49.0 Å². The van der Waals surface area contributed by atoms with E-state index in [0.29, 0.717) is 23.2 Å². The summed E-state index contributed by atoms with van der Waals surface area (Å²) in [6, 6.07) is 3.12. The average molecular weight is 656 g/mol. The van der Waals surface area contributed by atoms with Crippen LogP contribution in [0.1, 0.15) is 29.8 Å². The highest BCUT2D eigenvalue weighted by Crippen LogP contribution is 2.40. The number of oxime groups is 1. The number of hydrogen-bond donors (Lipinski definition) is 2. The Hall–Kier alpha value is -3.89. The number of nitrogens with two attached hydrogens (primary N) is 1. The van der Waals surface area contributed by atoms with Gasteiger partial charge in [-0.3, -0.25) is 19.3 Å². The van der Waals surface area contributed by atoms with Crippen molar-refractivity contribution in [1.29, 1.82) is 0 Å². The number of aryl methyl sites for hydroxylation is 1. The summed E-state index contributed by atoms with van der Waals surface area (Å²) in [5.74, 6) is -0.877. The lowest BCUT2D eigenvalue weighted by Crippen LogP contribution is -2.71. The SMILES string of the molecule is CO/N=C(\C(=O)N[C@@H]1C(=O)N2C(C(=O)[O-])=C(C[n+]3cccc4c3CCC4)CS[C@H]12)c1csc(N)n1.O=C1C[C@H]2SCC=CN12. The van der Waals surface area contributed by atoms with Gasteiger partial charge in [0.1, 0.15) is 24.2 Å². The monoisotopic (exact) mass is 655 g/mol. The number of nitrogen functional groups attached to an aromatic ring is 1. The van der Waals surface area contributed by atoms with Crippen LogP contribution in [0.2, 0.25) is 0 Å². The van der Waals surface area contributed by atoms with Crippen LogP contribution >= 0.6 is 34.9 Å². The molecule has 6 heterocycles. The summed E-state index contributed by atoms with van der Waals surface area (Å²) in [5, 5.41) is 20.2. The Morgan fingerprint density at radius 2 is 2.14 bits per heavy atom. The van der Waals surface area contributed by atoms with E-state index in [-0.39, 0.29) is 28.1 Å². The number of thiazole rings is 1. The van der Waals surface area contributed by atoms with Gasteiger partial charge in [0.15, 0.2) is 29.3 Å². The fraction of sp³-hybridized carbons (Fsp3) is 0.393. The Morgan fingerprint density at radius 1 is 1.30 bits per heavy atom. The average Bonchev–Trinajstić information content (AvgIpc) is 3.67. The number of nitrogens with one attached hydrogen (secondary N) is 1. The van der Waals surface area contributed by atoms with Gasteiger partial charge in [0.2, 0.25) is 5.91 Å². The summed E-state index contributed by atoms with van der Waals surface area (Å²) >= 11 is 4.37. The first-order chi connectivity index (χ1) is 21.3. The minimum Gasteiger partial charge on any atom is -0.543 e. The third kappa shape index (κ3) is 5.68. The van der Waals surface area contributed by atoms with Crippen molar-refractivity contribution in [1.82, 2.24) is 20.1 Å². The van der Waals surface area contributed by atoms with Crippen molar-refractivity contribution in [3.05, 3.63) is 64.2 Å². The summed E-state index contributed by atoms with van der Waals surface area (Å²) in [5.41, 5.74) is 8.69. The molecule has 0 saturated carbocycles. The molecule has 3 atom stereocenters. The van der Waals surface area contributed by atoms with Gasteiger partial charge >= 0.3 is 0 Å². The fourth-order valence-corrected chi connectivity index (χ4v) is 8.61. The topological polar surface area (TPSA) is 174 Å². The molecular formula is C28H29N7O6S3. The number of nitrogens with zero attached hydrogens (tertiary/aromatic N) is 5. The van der Waals surface area contributed by atoms with Crippen LogP contribution in [0, 0.1) is 0 Å². The van der Waals surface area contributed by atoms with Crippen molar-refractivity contribution in [3.8, 4) is 0 Å². The molecule has 2 fully saturated rings. The molecule has 0 aromatic carbocycles. The molecule has 2 saturated heterocycles. The first kappa shape index (κ1) is 30.1. The van der Waals surface area contributed by atoms with Crippen molar-refractivity contribution >= 4 is 69.4 Å². The van der Waals surface area contributed by atoms with Crippen LogP contribution < -0.4 is 20.7 Å². The zero-order valence-electron chi connectivity index (χ0n) is 23.6. The smallest absolute Gasteiger partial charge is 0.276 e. The molecular weight excluding hydrogens is 627 g/mol. The maximum atomic E-state index is 13.0. The molecule has 0 radical (unpaired) electrons. The van der Waals surface area contributed by atoms with Gasteiger partial charge in [0.25, 0.3) is 11.8 Å². The second-order valence-electron chi connectivity index (χ2n) is 10.4. The van der Waals surface area contributed by atoms with E-state index < -0.39 is 29.2 Å². The Balaban J connectivity index is 0.000000323.